The Morgan fingerprint density at radius 3 is 1.61 bits per heavy atom. The van der Waals surface area contributed by atoms with E-state index in [2.05, 4.69) is 26.0 Å². The molecule has 0 aromatic rings. The van der Waals surface area contributed by atoms with Crippen molar-refractivity contribution < 1.29 is 19.4 Å². The van der Waals surface area contributed by atoms with Crippen LogP contribution in [0.3, 0.4) is 0 Å². The molecule has 0 amide bonds. The summed E-state index contributed by atoms with van der Waals surface area (Å²) in [5, 5.41) is 8.82. The Bertz CT molecular complexity index is 514. The molecule has 212 valence electrons. The van der Waals surface area contributed by atoms with Crippen LogP contribution in [-0.4, -0.2) is 23.1 Å². The topological polar surface area (TPSA) is 63.6 Å². The van der Waals surface area contributed by atoms with Gasteiger partial charge in [-0.3, -0.25) is 9.59 Å². The van der Waals surface area contributed by atoms with Crippen LogP contribution >= 0.6 is 0 Å². The van der Waals surface area contributed by atoms with E-state index in [4.69, 9.17) is 9.84 Å². The van der Waals surface area contributed by atoms with Crippen molar-refractivity contribution in [3.63, 3.8) is 0 Å². The summed E-state index contributed by atoms with van der Waals surface area (Å²) in [7, 11) is 0. The second kappa shape index (κ2) is 28.3. The number of aliphatic carboxylic acids is 1. The summed E-state index contributed by atoms with van der Waals surface area (Å²) in [6.45, 7) is 4.48. The number of esters is 1. The minimum absolute atomic E-state index is 0.00591. The molecular formula is C32H60O4. The number of ether oxygens (including phenoxy) is 1. The average molecular weight is 509 g/mol. The highest BCUT2D eigenvalue weighted by molar-refractivity contribution is 5.69. The van der Waals surface area contributed by atoms with Gasteiger partial charge in [0, 0.05) is 12.8 Å². The second-order valence-corrected chi connectivity index (χ2v) is 10.6. The van der Waals surface area contributed by atoms with Crippen LogP contribution in [0.25, 0.3) is 0 Å². The van der Waals surface area contributed by atoms with Crippen LogP contribution in [0.5, 0.6) is 0 Å². The molecule has 0 bridgehead atoms. The van der Waals surface area contributed by atoms with E-state index in [1.807, 2.05) is 0 Å². The molecule has 0 rings (SSSR count). The van der Waals surface area contributed by atoms with Gasteiger partial charge in [0.05, 0.1) is 0 Å². The van der Waals surface area contributed by atoms with E-state index in [0.29, 0.717) is 12.8 Å². The highest BCUT2D eigenvalue weighted by atomic mass is 16.5. The third-order valence-electron chi connectivity index (χ3n) is 6.99. The standard InChI is InChI=1S/C32H60O4/c1-3-5-7-9-11-13-14-16-18-20-25-29-32(35)36-30(27-23-21-24-28-31(33)34)26-22-19-17-15-12-10-8-6-4-2/h9,11,30H,3-8,10,12-29H2,1-2H3,(H,33,34)/b11-9-. The van der Waals surface area contributed by atoms with Gasteiger partial charge < -0.3 is 9.84 Å². The molecule has 0 aliphatic heterocycles. The minimum atomic E-state index is -0.726. The van der Waals surface area contributed by atoms with Gasteiger partial charge in [-0.15, -0.1) is 0 Å². The molecule has 4 heteroatoms. The maximum atomic E-state index is 12.4. The molecule has 0 saturated carbocycles. The zero-order valence-electron chi connectivity index (χ0n) is 24.1. The summed E-state index contributed by atoms with van der Waals surface area (Å²) in [6.07, 6.45) is 32.1. The van der Waals surface area contributed by atoms with Crippen LogP contribution in [0, 0.1) is 0 Å². The summed E-state index contributed by atoms with van der Waals surface area (Å²) in [4.78, 5) is 23.2. The normalized spacial score (nSPS) is 12.3. The van der Waals surface area contributed by atoms with Gasteiger partial charge in [0.15, 0.2) is 0 Å². The fourth-order valence-electron chi connectivity index (χ4n) is 4.63. The molecule has 1 unspecified atom stereocenters. The first-order valence-corrected chi connectivity index (χ1v) is 15.7. The van der Waals surface area contributed by atoms with Crippen molar-refractivity contribution in [2.24, 2.45) is 0 Å². The molecule has 0 radical (unpaired) electrons. The van der Waals surface area contributed by atoms with Crippen molar-refractivity contribution in [3.8, 4) is 0 Å². The summed E-state index contributed by atoms with van der Waals surface area (Å²) in [5.74, 6) is -0.767. The first-order valence-electron chi connectivity index (χ1n) is 15.7. The molecule has 4 nitrogen and oxygen atoms in total. The van der Waals surface area contributed by atoms with Gasteiger partial charge in [0.1, 0.15) is 6.10 Å². The van der Waals surface area contributed by atoms with Crippen molar-refractivity contribution in [1.82, 2.24) is 0 Å². The van der Waals surface area contributed by atoms with Gasteiger partial charge in [-0.2, -0.15) is 0 Å². The van der Waals surface area contributed by atoms with E-state index in [1.54, 1.807) is 0 Å². The van der Waals surface area contributed by atoms with E-state index in [1.165, 1.54) is 96.3 Å². The van der Waals surface area contributed by atoms with Crippen molar-refractivity contribution in [2.45, 2.75) is 180 Å². The van der Waals surface area contributed by atoms with Crippen LogP contribution < -0.4 is 0 Å². The number of rotatable bonds is 28. The number of carboxylic acid groups (broad SMARTS) is 1. The predicted molar refractivity (Wildman–Crippen MR) is 153 cm³/mol. The third kappa shape index (κ3) is 27.3. The molecule has 0 fully saturated rings. The number of carboxylic acids is 1. The third-order valence-corrected chi connectivity index (χ3v) is 6.99. The molecule has 0 aliphatic carbocycles. The van der Waals surface area contributed by atoms with Crippen LogP contribution in [0.4, 0.5) is 0 Å². The number of carbonyl (C=O) groups is 2. The van der Waals surface area contributed by atoms with Gasteiger partial charge in [-0.1, -0.05) is 116 Å². The van der Waals surface area contributed by atoms with E-state index >= 15 is 0 Å². The Morgan fingerprint density at radius 2 is 1.03 bits per heavy atom. The maximum absolute atomic E-state index is 12.4. The fourth-order valence-corrected chi connectivity index (χ4v) is 4.63. The number of hydrogen-bond acceptors (Lipinski definition) is 3. The predicted octanol–water partition coefficient (Wildman–Crippen LogP) is 10.3. The molecule has 0 aromatic heterocycles. The van der Waals surface area contributed by atoms with E-state index in [-0.39, 0.29) is 18.5 Å². The van der Waals surface area contributed by atoms with Gasteiger partial charge in [-0.05, 0) is 57.8 Å². The lowest BCUT2D eigenvalue weighted by Gasteiger charge is -2.18. The minimum Gasteiger partial charge on any atom is -0.481 e. The van der Waals surface area contributed by atoms with Crippen LogP contribution in [-0.2, 0) is 14.3 Å². The lowest BCUT2D eigenvalue weighted by molar-refractivity contribution is -0.150. The number of hydrogen-bond donors (Lipinski definition) is 1. The van der Waals surface area contributed by atoms with Crippen LogP contribution in [0.15, 0.2) is 12.2 Å². The van der Waals surface area contributed by atoms with Crippen molar-refractivity contribution in [2.75, 3.05) is 0 Å². The monoisotopic (exact) mass is 508 g/mol. The van der Waals surface area contributed by atoms with E-state index in [0.717, 1.165) is 44.9 Å². The number of allylic oxidation sites excluding steroid dienone is 2. The van der Waals surface area contributed by atoms with Gasteiger partial charge >= 0.3 is 11.9 Å². The second-order valence-electron chi connectivity index (χ2n) is 10.6. The maximum Gasteiger partial charge on any atom is 0.306 e. The summed E-state index contributed by atoms with van der Waals surface area (Å²) >= 11 is 0. The number of unbranched alkanes of at least 4 members (excludes halogenated alkanes) is 17. The van der Waals surface area contributed by atoms with Crippen LogP contribution in [0.2, 0.25) is 0 Å². The molecule has 0 aliphatic rings. The van der Waals surface area contributed by atoms with Crippen molar-refractivity contribution in [3.05, 3.63) is 12.2 Å². The van der Waals surface area contributed by atoms with E-state index in [9.17, 15) is 9.59 Å². The van der Waals surface area contributed by atoms with Crippen molar-refractivity contribution >= 4 is 11.9 Å². The molecule has 0 saturated heterocycles. The van der Waals surface area contributed by atoms with Crippen LogP contribution in [0.1, 0.15) is 174 Å². The zero-order chi connectivity index (χ0) is 26.5. The molecule has 1 N–H and O–H groups in total. The lowest BCUT2D eigenvalue weighted by Crippen LogP contribution is -2.18. The Hall–Kier alpha value is -1.32. The summed E-state index contributed by atoms with van der Waals surface area (Å²) in [6, 6.07) is 0. The Kier molecular flexibility index (Phi) is 27.2. The molecule has 1 atom stereocenters. The van der Waals surface area contributed by atoms with E-state index < -0.39 is 5.97 Å². The first kappa shape index (κ1) is 34.7. The van der Waals surface area contributed by atoms with Crippen molar-refractivity contribution in [1.29, 1.82) is 0 Å². The smallest absolute Gasteiger partial charge is 0.306 e. The van der Waals surface area contributed by atoms with Gasteiger partial charge in [-0.25, -0.2) is 0 Å². The Balaban J connectivity index is 4.01. The molecular weight excluding hydrogens is 448 g/mol. The molecule has 0 heterocycles. The fraction of sp³-hybridized carbons (Fsp3) is 0.875. The highest BCUT2D eigenvalue weighted by Gasteiger charge is 2.14. The quantitative estimate of drug-likeness (QED) is 0.0648. The van der Waals surface area contributed by atoms with Gasteiger partial charge in [0.2, 0.25) is 0 Å². The summed E-state index contributed by atoms with van der Waals surface area (Å²) in [5.41, 5.74) is 0. The molecule has 36 heavy (non-hydrogen) atoms. The molecule has 0 aromatic carbocycles. The Labute approximate surface area is 224 Å². The lowest BCUT2D eigenvalue weighted by atomic mass is 10.0. The highest BCUT2D eigenvalue weighted by Crippen LogP contribution is 2.18. The zero-order valence-corrected chi connectivity index (χ0v) is 24.1. The SMILES string of the molecule is CCCC/C=C\CCCCCCCC(=O)OC(CCCCCCCCCCC)CCCCCC(=O)O. The largest absolute Gasteiger partial charge is 0.481 e. The number of carbonyl (C=O) groups excluding carboxylic acids is 1. The summed E-state index contributed by atoms with van der Waals surface area (Å²) < 4.78 is 5.88. The average Bonchev–Trinajstić information content (AvgIpc) is 2.85. The molecule has 0 spiro atoms. The Morgan fingerprint density at radius 1 is 0.583 bits per heavy atom. The van der Waals surface area contributed by atoms with Gasteiger partial charge in [0.25, 0.3) is 0 Å². The first-order chi connectivity index (χ1) is 17.6.